The Balaban J connectivity index is 1.31. The second kappa shape index (κ2) is 6.59. The Kier molecular flexibility index (Phi) is 4.35. The number of piperazine rings is 1. The average molecular weight is 299 g/mol. The third kappa shape index (κ3) is 3.02. The van der Waals surface area contributed by atoms with E-state index in [1.807, 2.05) is 0 Å². The van der Waals surface area contributed by atoms with Crippen molar-refractivity contribution in [3.05, 3.63) is 30.3 Å². The fourth-order valence-electron chi connectivity index (χ4n) is 4.35. The number of anilines is 1. The lowest BCUT2D eigenvalue weighted by Gasteiger charge is -2.47. The van der Waals surface area contributed by atoms with Crippen LogP contribution in [0.3, 0.4) is 0 Å². The molecule has 0 unspecified atom stereocenters. The van der Waals surface area contributed by atoms with Gasteiger partial charge in [0.2, 0.25) is 0 Å². The number of rotatable bonds is 3. The van der Waals surface area contributed by atoms with Gasteiger partial charge in [0.05, 0.1) is 0 Å². The number of likely N-dealkylation sites (tertiary alicyclic amines) is 1. The number of hydrogen-bond donors (Lipinski definition) is 0. The molecule has 0 radical (unpaired) electrons. The highest BCUT2D eigenvalue weighted by molar-refractivity contribution is 5.46. The normalized spacial score (nSPS) is 28.5. The van der Waals surface area contributed by atoms with E-state index >= 15 is 0 Å². The fraction of sp³-hybridized carbons (Fsp3) is 0.684. The molecule has 3 heteroatoms. The van der Waals surface area contributed by atoms with E-state index in [0.717, 1.165) is 12.1 Å². The van der Waals surface area contributed by atoms with Crippen LogP contribution in [0.1, 0.15) is 32.1 Å². The second-order valence-electron chi connectivity index (χ2n) is 7.23. The highest BCUT2D eigenvalue weighted by Crippen LogP contribution is 2.29. The summed E-state index contributed by atoms with van der Waals surface area (Å²) in [6, 6.07) is 12.6. The highest BCUT2D eigenvalue weighted by atomic mass is 15.3. The zero-order chi connectivity index (χ0) is 14.8. The Morgan fingerprint density at radius 3 is 2.09 bits per heavy atom. The van der Waals surface area contributed by atoms with Gasteiger partial charge in [-0.05, 0) is 44.4 Å². The van der Waals surface area contributed by atoms with E-state index in [4.69, 9.17) is 0 Å². The monoisotopic (exact) mass is 299 g/mol. The molecule has 2 heterocycles. The predicted molar refractivity (Wildman–Crippen MR) is 92.5 cm³/mol. The largest absolute Gasteiger partial charge is 0.369 e. The summed E-state index contributed by atoms with van der Waals surface area (Å²) >= 11 is 0. The lowest BCUT2D eigenvalue weighted by molar-refractivity contribution is 0.0419. The van der Waals surface area contributed by atoms with Crippen LogP contribution in [0.2, 0.25) is 0 Å². The van der Waals surface area contributed by atoms with Gasteiger partial charge in [-0.3, -0.25) is 9.80 Å². The molecule has 0 amide bonds. The van der Waals surface area contributed by atoms with Crippen molar-refractivity contribution in [2.24, 2.45) is 0 Å². The maximum Gasteiger partial charge on any atom is 0.0367 e. The summed E-state index contributed by atoms with van der Waals surface area (Å²) in [7, 11) is 0. The molecule has 0 N–H and O–H groups in total. The fourth-order valence-corrected chi connectivity index (χ4v) is 4.35. The van der Waals surface area contributed by atoms with Gasteiger partial charge in [0.1, 0.15) is 0 Å². The van der Waals surface area contributed by atoms with Crippen LogP contribution < -0.4 is 4.90 Å². The molecule has 3 nitrogen and oxygen atoms in total. The summed E-state index contributed by atoms with van der Waals surface area (Å²) < 4.78 is 0. The van der Waals surface area contributed by atoms with Crippen molar-refractivity contribution in [2.75, 3.05) is 44.2 Å². The van der Waals surface area contributed by atoms with Crippen molar-refractivity contribution < 1.29 is 0 Å². The van der Waals surface area contributed by atoms with Crippen molar-refractivity contribution in [3.8, 4) is 0 Å². The minimum atomic E-state index is 0.812. The van der Waals surface area contributed by atoms with Crippen molar-refractivity contribution >= 4 is 5.69 Å². The van der Waals surface area contributed by atoms with Crippen LogP contribution in [0.15, 0.2) is 30.3 Å². The molecule has 2 aliphatic heterocycles. The summed E-state index contributed by atoms with van der Waals surface area (Å²) in [4.78, 5) is 8.11. The first-order valence-electron chi connectivity index (χ1n) is 9.18. The molecule has 3 fully saturated rings. The molecule has 3 aliphatic rings. The van der Waals surface area contributed by atoms with Crippen LogP contribution in [0, 0.1) is 0 Å². The maximum absolute atomic E-state index is 2.79. The number of nitrogens with zero attached hydrogens (tertiary/aromatic N) is 3. The topological polar surface area (TPSA) is 9.72 Å². The SMILES string of the molecule is c1ccc(N2CCN([C@H]3CCCN(C4CCC4)C3)CC2)cc1. The smallest absolute Gasteiger partial charge is 0.0367 e. The van der Waals surface area contributed by atoms with E-state index < -0.39 is 0 Å². The molecule has 4 rings (SSSR count). The Labute approximate surface area is 134 Å². The zero-order valence-corrected chi connectivity index (χ0v) is 13.7. The van der Waals surface area contributed by atoms with Crippen LogP contribution in [0.4, 0.5) is 5.69 Å². The van der Waals surface area contributed by atoms with Crippen molar-refractivity contribution in [1.82, 2.24) is 9.80 Å². The summed E-state index contributed by atoms with van der Waals surface area (Å²) in [5.74, 6) is 0. The van der Waals surface area contributed by atoms with Crippen molar-refractivity contribution in [1.29, 1.82) is 0 Å². The van der Waals surface area contributed by atoms with E-state index in [9.17, 15) is 0 Å². The highest BCUT2D eigenvalue weighted by Gasteiger charge is 2.32. The zero-order valence-electron chi connectivity index (χ0n) is 13.7. The van der Waals surface area contributed by atoms with Gasteiger partial charge in [0.15, 0.2) is 0 Å². The first-order chi connectivity index (χ1) is 10.9. The Bertz CT molecular complexity index is 463. The third-order valence-corrected chi connectivity index (χ3v) is 5.97. The van der Waals surface area contributed by atoms with Gasteiger partial charge >= 0.3 is 0 Å². The van der Waals surface area contributed by atoms with Gasteiger partial charge in [0, 0.05) is 50.5 Å². The van der Waals surface area contributed by atoms with Gasteiger partial charge < -0.3 is 4.90 Å². The molecule has 1 atom stereocenters. The van der Waals surface area contributed by atoms with Crippen LogP contribution >= 0.6 is 0 Å². The molecular formula is C19H29N3. The summed E-state index contributed by atoms with van der Waals surface area (Å²) in [5.41, 5.74) is 1.39. The van der Waals surface area contributed by atoms with E-state index in [0.29, 0.717) is 0 Å². The number of hydrogen-bond acceptors (Lipinski definition) is 3. The minimum absolute atomic E-state index is 0.812. The minimum Gasteiger partial charge on any atom is -0.369 e. The Morgan fingerprint density at radius 1 is 0.682 bits per heavy atom. The second-order valence-corrected chi connectivity index (χ2v) is 7.23. The third-order valence-electron chi connectivity index (χ3n) is 5.97. The summed E-state index contributed by atoms with van der Waals surface area (Å²) in [6.45, 7) is 7.52. The van der Waals surface area contributed by atoms with Gasteiger partial charge in [-0.1, -0.05) is 24.6 Å². The maximum atomic E-state index is 2.79. The first kappa shape index (κ1) is 14.5. The molecule has 120 valence electrons. The molecule has 0 spiro atoms. The molecule has 22 heavy (non-hydrogen) atoms. The number of piperidine rings is 1. The summed E-state index contributed by atoms with van der Waals surface area (Å²) in [6.07, 6.45) is 7.18. The van der Waals surface area contributed by atoms with Crippen LogP contribution in [0.25, 0.3) is 0 Å². The number of benzene rings is 1. The quantitative estimate of drug-likeness (QED) is 0.850. The van der Waals surface area contributed by atoms with E-state index in [1.165, 1.54) is 77.1 Å². The molecule has 2 saturated heterocycles. The lowest BCUT2D eigenvalue weighted by Crippen LogP contribution is -2.57. The molecule has 0 bridgehead atoms. The molecule has 1 aliphatic carbocycles. The van der Waals surface area contributed by atoms with Gasteiger partial charge in [-0.2, -0.15) is 0 Å². The van der Waals surface area contributed by atoms with E-state index in [2.05, 4.69) is 45.0 Å². The van der Waals surface area contributed by atoms with Crippen LogP contribution in [0.5, 0.6) is 0 Å². The average Bonchev–Trinajstić information content (AvgIpc) is 2.55. The molecular weight excluding hydrogens is 270 g/mol. The van der Waals surface area contributed by atoms with E-state index in [1.54, 1.807) is 0 Å². The molecule has 1 saturated carbocycles. The Hall–Kier alpha value is -1.06. The standard InChI is InChI=1S/C19H29N3/c1-2-6-17(7-3-1)20-12-14-21(15-13-20)19-10-5-11-22(16-19)18-8-4-9-18/h1-3,6-7,18-19H,4-5,8-16H2/t19-/m0/s1. The van der Waals surface area contributed by atoms with Crippen LogP contribution in [-0.2, 0) is 0 Å². The van der Waals surface area contributed by atoms with Crippen LogP contribution in [-0.4, -0.2) is 61.2 Å². The Morgan fingerprint density at radius 2 is 1.41 bits per heavy atom. The van der Waals surface area contributed by atoms with Gasteiger partial charge in [-0.25, -0.2) is 0 Å². The molecule has 1 aromatic carbocycles. The summed E-state index contributed by atoms with van der Waals surface area (Å²) in [5, 5.41) is 0. The van der Waals surface area contributed by atoms with Gasteiger partial charge in [0.25, 0.3) is 0 Å². The molecule has 0 aromatic heterocycles. The van der Waals surface area contributed by atoms with E-state index in [-0.39, 0.29) is 0 Å². The van der Waals surface area contributed by atoms with Crippen molar-refractivity contribution in [2.45, 2.75) is 44.2 Å². The van der Waals surface area contributed by atoms with Gasteiger partial charge in [-0.15, -0.1) is 0 Å². The molecule has 1 aromatic rings. The lowest BCUT2D eigenvalue weighted by atomic mass is 9.89. The first-order valence-corrected chi connectivity index (χ1v) is 9.18. The van der Waals surface area contributed by atoms with Crippen molar-refractivity contribution in [3.63, 3.8) is 0 Å². The number of para-hydroxylation sites is 1. The predicted octanol–water partition coefficient (Wildman–Crippen LogP) is 2.83.